The Hall–Kier alpha value is -1.59. The minimum Gasteiger partial charge on any atom is -0.395 e. The maximum atomic E-state index is 12.2. The molecule has 1 saturated heterocycles. The van der Waals surface area contributed by atoms with Crippen molar-refractivity contribution in [3.8, 4) is 0 Å². The summed E-state index contributed by atoms with van der Waals surface area (Å²) in [6, 6.07) is 7.79. The Balaban J connectivity index is 1.97. The molecule has 0 saturated carbocycles. The molecule has 1 fully saturated rings. The molecule has 5 nitrogen and oxygen atoms in total. The van der Waals surface area contributed by atoms with Gasteiger partial charge in [-0.15, -0.1) is 0 Å². The number of amides is 1. The van der Waals surface area contributed by atoms with Crippen molar-refractivity contribution < 1.29 is 9.90 Å². The van der Waals surface area contributed by atoms with Gasteiger partial charge in [0.25, 0.3) is 0 Å². The molecular formula is C16H25N3O2. The number of hydrogen-bond donors (Lipinski definition) is 3. The van der Waals surface area contributed by atoms with Gasteiger partial charge < -0.3 is 20.6 Å². The van der Waals surface area contributed by atoms with E-state index < -0.39 is 0 Å². The Bertz CT molecular complexity index is 461. The van der Waals surface area contributed by atoms with E-state index in [2.05, 4.69) is 29.4 Å². The molecule has 0 spiro atoms. The Morgan fingerprint density at radius 3 is 2.62 bits per heavy atom. The third-order valence-electron chi connectivity index (χ3n) is 4.11. The Morgan fingerprint density at radius 2 is 2.10 bits per heavy atom. The number of aliphatic hydroxyl groups is 1. The van der Waals surface area contributed by atoms with Gasteiger partial charge in [-0.05, 0) is 43.7 Å². The number of benzene rings is 1. The second kappa shape index (κ2) is 7.43. The molecule has 0 aromatic heterocycles. The summed E-state index contributed by atoms with van der Waals surface area (Å²) in [7, 11) is 0. The van der Waals surface area contributed by atoms with Crippen molar-refractivity contribution in [1.29, 1.82) is 0 Å². The van der Waals surface area contributed by atoms with Crippen LogP contribution in [0.15, 0.2) is 24.3 Å². The van der Waals surface area contributed by atoms with Crippen LogP contribution in [-0.2, 0) is 4.79 Å². The first-order chi connectivity index (χ1) is 10.2. The van der Waals surface area contributed by atoms with Crippen molar-refractivity contribution in [2.45, 2.75) is 13.8 Å². The molecule has 0 radical (unpaired) electrons. The van der Waals surface area contributed by atoms with Gasteiger partial charge in [-0.25, -0.2) is 0 Å². The van der Waals surface area contributed by atoms with Gasteiger partial charge in [-0.1, -0.05) is 6.92 Å². The summed E-state index contributed by atoms with van der Waals surface area (Å²) >= 11 is 0. The number of carbonyl (C=O) groups is 1. The second-order valence-electron chi connectivity index (χ2n) is 5.58. The van der Waals surface area contributed by atoms with Crippen LogP contribution in [-0.4, -0.2) is 43.8 Å². The van der Waals surface area contributed by atoms with Crippen molar-refractivity contribution in [2.24, 2.45) is 11.8 Å². The van der Waals surface area contributed by atoms with Gasteiger partial charge in [-0.2, -0.15) is 0 Å². The molecule has 5 heteroatoms. The number of anilines is 2. The maximum absolute atomic E-state index is 12.2. The highest BCUT2D eigenvalue weighted by Gasteiger charge is 2.29. The van der Waals surface area contributed by atoms with Gasteiger partial charge in [0.1, 0.15) is 0 Å². The normalized spacial score (nSPS) is 21.3. The van der Waals surface area contributed by atoms with Crippen molar-refractivity contribution >= 4 is 17.3 Å². The summed E-state index contributed by atoms with van der Waals surface area (Å²) in [6.07, 6.45) is 0. The van der Waals surface area contributed by atoms with Crippen LogP contribution in [0.3, 0.4) is 0 Å². The molecule has 0 bridgehead atoms. The van der Waals surface area contributed by atoms with E-state index in [9.17, 15) is 4.79 Å². The Morgan fingerprint density at radius 1 is 1.38 bits per heavy atom. The minimum atomic E-state index is 0.0474. The molecule has 116 valence electrons. The number of hydrogen-bond acceptors (Lipinski definition) is 4. The number of nitrogens with zero attached hydrogens (tertiary/aromatic N) is 1. The van der Waals surface area contributed by atoms with Crippen molar-refractivity contribution in [1.82, 2.24) is 5.32 Å². The average molecular weight is 291 g/mol. The lowest BCUT2D eigenvalue weighted by Crippen LogP contribution is -2.28. The molecule has 21 heavy (non-hydrogen) atoms. The number of rotatable bonds is 6. The first kappa shape index (κ1) is 15.8. The van der Waals surface area contributed by atoms with Crippen molar-refractivity contribution in [2.75, 3.05) is 43.0 Å². The molecule has 2 rings (SSSR count). The number of aliphatic hydroxyl groups excluding tert-OH is 1. The molecule has 1 heterocycles. The van der Waals surface area contributed by atoms with E-state index in [1.165, 1.54) is 0 Å². The van der Waals surface area contributed by atoms with E-state index in [1.807, 2.05) is 24.3 Å². The predicted octanol–water partition coefficient (Wildman–Crippen LogP) is 1.30. The third kappa shape index (κ3) is 3.95. The summed E-state index contributed by atoms with van der Waals surface area (Å²) in [5.41, 5.74) is 1.88. The molecule has 0 aliphatic carbocycles. The van der Waals surface area contributed by atoms with E-state index in [4.69, 9.17) is 5.11 Å². The van der Waals surface area contributed by atoms with Gasteiger partial charge >= 0.3 is 0 Å². The van der Waals surface area contributed by atoms with Gasteiger partial charge in [0.05, 0.1) is 12.5 Å². The monoisotopic (exact) mass is 291 g/mol. The summed E-state index contributed by atoms with van der Waals surface area (Å²) in [6.45, 7) is 7.42. The summed E-state index contributed by atoms with van der Waals surface area (Å²) in [4.78, 5) is 14.3. The zero-order valence-electron chi connectivity index (χ0n) is 12.8. The molecule has 1 aromatic rings. The highest BCUT2D eigenvalue weighted by Crippen LogP contribution is 2.21. The van der Waals surface area contributed by atoms with Gasteiger partial charge in [0.2, 0.25) is 5.91 Å². The fourth-order valence-corrected chi connectivity index (χ4v) is 2.74. The molecule has 2 atom stereocenters. The zero-order chi connectivity index (χ0) is 15.2. The SMILES string of the molecule is CCN(CCO)c1ccc(NC(=O)[C@@H]2CNC[C@H]2C)cc1. The molecule has 1 aliphatic rings. The van der Waals surface area contributed by atoms with E-state index >= 15 is 0 Å². The summed E-state index contributed by atoms with van der Waals surface area (Å²) in [5.74, 6) is 0.513. The number of likely N-dealkylation sites (N-methyl/N-ethyl adjacent to an activating group) is 1. The zero-order valence-corrected chi connectivity index (χ0v) is 12.8. The van der Waals surface area contributed by atoms with Crippen LogP contribution >= 0.6 is 0 Å². The van der Waals surface area contributed by atoms with E-state index in [1.54, 1.807) is 0 Å². The van der Waals surface area contributed by atoms with Crippen LogP contribution < -0.4 is 15.5 Å². The molecule has 3 N–H and O–H groups in total. The lowest BCUT2D eigenvalue weighted by molar-refractivity contribution is -0.120. The van der Waals surface area contributed by atoms with Crippen LogP contribution in [0.25, 0.3) is 0 Å². The predicted molar refractivity (Wildman–Crippen MR) is 85.6 cm³/mol. The third-order valence-corrected chi connectivity index (χ3v) is 4.11. The van der Waals surface area contributed by atoms with Crippen molar-refractivity contribution in [3.63, 3.8) is 0 Å². The quantitative estimate of drug-likeness (QED) is 0.739. The maximum Gasteiger partial charge on any atom is 0.229 e. The first-order valence-corrected chi connectivity index (χ1v) is 7.63. The fraction of sp³-hybridized carbons (Fsp3) is 0.562. The van der Waals surface area contributed by atoms with Gasteiger partial charge in [-0.3, -0.25) is 4.79 Å². The first-order valence-electron chi connectivity index (χ1n) is 7.63. The molecule has 1 aliphatic heterocycles. The summed E-state index contributed by atoms with van der Waals surface area (Å²) < 4.78 is 0. The molecule has 1 aromatic carbocycles. The van der Waals surface area contributed by atoms with Gasteiger partial charge in [0, 0.05) is 31.0 Å². The average Bonchev–Trinajstić information content (AvgIpc) is 2.92. The van der Waals surface area contributed by atoms with Crippen LogP contribution in [0.2, 0.25) is 0 Å². The molecule has 1 amide bonds. The summed E-state index contributed by atoms with van der Waals surface area (Å²) in [5, 5.41) is 15.3. The largest absolute Gasteiger partial charge is 0.395 e. The van der Waals surface area contributed by atoms with Crippen molar-refractivity contribution in [3.05, 3.63) is 24.3 Å². The van der Waals surface area contributed by atoms with Crippen LogP contribution in [0.4, 0.5) is 11.4 Å². The van der Waals surface area contributed by atoms with Crippen LogP contribution in [0.5, 0.6) is 0 Å². The lowest BCUT2D eigenvalue weighted by atomic mass is 9.97. The topological polar surface area (TPSA) is 64.6 Å². The minimum absolute atomic E-state index is 0.0474. The highest BCUT2D eigenvalue weighted by atomic mass is 16.3. The Labute approximate surface area is 126 Å². The smallest absolute Gasteiger partial charge is 0.229 e. The van der Waals surface area contributed by atoms with E-state index in [-0.39, 0.29) is 18.4 Å². The standard InChI is InChI=1S/C16H25N3O2/c1-3-19(8-9-20)14-6-4-13(5-7-14)18-16(21)15-11-17-10-12(15)2/h4-7,12,15,17,20H,3,8-11H2,1-2H3,(H,18,21)/t12-,15-/m1/s1. The molecular weight excluding hydrogens is 266 g/mol. The Kier molecular flexibility index (Phi) is 5.59. The second-order valence-corrected chi connectivity index (χ2v) is 5.58. The van der Waals surface area contributed by atoms with Crippen LogP contribution in [0, 0.1) is 11.8 Å². The lowest BCUT2D eigenvalue weighted by Gasteiger charge is -2.22. The van der Waals surface area contributed by atoms with Gasteiger partial charge in [0.15, 0.2) is 0 Å². The number of nitrogens with one attached hydrogen (secondary N) is 2. The van der Waals surface area contributed by atoms with Crippen LogP contribution in [0.1, 0.15) is 13.8 Å². The van der Waals surface area contributed by atoms with E-state index in [0.717, 1.165) is 31.0 Å². The number of carbonyl (C=O) groups excluding carboxylic acids is 1. The van der Waals surface area contributed by atoms with E-state index in [0.29, 0.717) is 12.5 Å². The molecule has 0 unspecified atom stereocenters. The highest BCUT2D eigenvalue weighted by molar-refractivity contribution is 5.93. The fourth-order valence-electron chi connectivity index (χ4n) is 2.74.